The van der Waals surface area contributed by atoms with Gasteiger partial charge in [-0.3, -0.25) is 14.6 Å². The van der Waals surface area contributed by atoms with Gasteiger partial charge in [-0.15, -0.1) is 0 Å². The van der Waals surface area contributed by atoms with E-state index in [9.17, 15) is 14.7 Å². The molecule has 0 bridgehead atoms. The lowest BCUT2D eigenvalue weighted by molar-refractivity contribution is -0.140. The number of hydrogen-bond donors (Lipinski definition) is 2. The van der Waals surface area contributed by atoms with Crippen LogP contribution in [-0.4, -0.2) is 37.8 Å². The number of aromatic amines is 1. The summed E-state index contributed by atoms with van der Waals surface area (Å²) in [5, 5.41) is 12.3. The minimum Gasteiger partial charge on any atom is -0.507 e. The van der Waals surface area contributed by atoms with E-state index < -0.39 is 17.7 Å². The van der Waals surface area contributed by atoms with Crippen LogP contribution in [0.15, 0.2) is 78.8 Å². The number of amides is 1. The van der Waals surface area contributed by atoms with Crippen LogP contribution in [0.1, 0.15) is 35.2 Å². The summed E-state index contributed by atoms with van der Waals surface area (Å²) in [6, 6.07) is 16.0. The maximum Gasteiger partial charge on any atom is 0.295 e. The fraction of sp³-hybridized carbons (Fsp3) is 0.179. The van der Waals surface area contributed by atoms with Gasteiger partial charge in [-0.1, -0.05) is 18.2 Å². The van der Waals surface area contributed by atoms with Crippen molar-refractivity contribution in [3.63, 3.8) is 0 Å². The zero-order valence-corrected chi connectivity index (χ0v) is 19.1. The molecule has 1 saturated heterocycles. The quantitative estimate of drug-likeness (QED) is 0.263. The summed E-state index contributed by atoms with van der Waals surface area (Å²) in [4.78, 5) is 35.5. The summed E-state index contributed by atoms with van der Waals surface area (Å²) in [7, 11) is 0. The number of pyridine rings is 1. The van der Waals surface area contributed by atoms with Crippen molar-refractivity contribution < 1.29 is 19.4 Å². The first-order valence-electron chi connectivity index (χ1n) is 11.5. The zero-order valence-electron chi connectivity index (χ0n) is 19.1. The van der Waals surface area contributed by atoms with E-state index in [4.69, 9.17) is 4.74 Å². The topological polar surface area (TPSA) is 95.5 Å². The molecule has 1 amide bonds. The molecule has 2 aromatic heterocycles. The number of carbonyl (C=O) groups is 2. The Morgan fingerprint density at radius 3 is 2.77 bits per heavy atom. The van der Waals surface area contributed by atoms with Crippen molar-refractivity contribution in [1.29, 1.82) is 0 Å². The number of nitrogens with one attached hydrogen (secondary N) is 1. The summed E-state index contributed by atoms with van der Waals surface area (Å²) >= 11 is 0. The third kappa shape index (κ3) is 3.47. The van der Waals surface area contributed by atoms with Crippen LogP contribution in [0.3, 0.4) is 0 Å². The number of hydrogen-bond acceptors (Lipinski definition) is 5. The predicted molar refractivity (Wildman–Crippen MR) is 131 cm³/mol. The molecule has 1 fully saturated rings. The standard InChI is InChI=1S/C28H23N3O4/c1-16-12-19-13-18(6-7-23(19)35-16)26(32)24-25(21-14-30-22-5-3-2-4-20(21)22)31(28(34)27(24)33)15-17-8-10-29-11-9-17/h2-11,13-14,16,25,30,32H,12,15H2,1H3/b26-24+. The number of fused-ring (bicyclic) bond motifs is 2. The maximum absolute atomic E-state index is 13.4. The van der Waals surface area contributed by atoms with Crippen molar-refractivity contribution in [2.75, 3.05) is 0 Å². The van der Waals surface area contributed by atoms with Crippen molar-refractivity contribution in [3.8, 4) is 5.75 Å². The molecule has 4 aromatic rings. The van der Waals surface area contributed by atoms with E-state index >= 15 is 0 Å². The monoisotopic (exact) mass is 465 g/mol. The molecule has 2 aliphatic heterocycles. The summed E-state index contributed by atoms with van der Waals surface area (Å²) in [6.07, 6.45) is 5.89. The van der Waals surface area contributed by atoms with E-state index in [1.165, 1.54) is 4.90 Å². The van der Waals surface area contributed by atoms with Crippen LogP contribution >= 0.6 is 0 Å². The number of carbonyl (C=O) groups excluding carboxylic acids is 2. The van der Waals surface area contributed by atoms with E-state index in [0.29, 0.717) is 5.56 Å². The Bertz CT molecular complexity index is 1510. The second-order valence-electron chi connectivity index (χ2n) is 9.03. The summed E-state index contributed by atoms with van der Waals surface area (Å²) in [5.74, 6) is -0.743. The number of ketones is 1. The molecule has 0 aliphatic carbocycles. The molecule has 35 heavy (non-hydrogen) atoms. The van der Waals surface area contributed by atoms with Gasteiger partial charge in [-0.2, -0.15) is 0 Å². The van der Waals surface area contributed by atoms with Gasteiger partial charge in [-0.05, 0) is 54.4 Å². The molecule has 7 heteroatoms. The van der Waals surface area contributed by atoms with Gasteiger partial charge in [0, 0.05) is 53.6 Å². The number of Topliss-reactive ketones (excluding diaryl/α,β-unsaturated/α-hetero) is 1. The van der Waals surface area contributed by atoms with Crippen LogP contribution in [0.5, 0.6) is 5.75 Å². The minimum absolute atomic E-state index is 0.0551. The normalized spacial score (nSPS) is 20.9. The van der Waals surface area contributed by atoms with Crippen molar-refractivity contribution in [2.45, 2.75) is 32.0 Å². The maximum atomic E-state index is 13.4. The van der Waals surface area contributed by atoms with Crippen LogP contribution < -0.4 is 4.74 Å². The molecule has 0 radical (unpaired) electrons. The average Bonchev–Trinajstić information content (AvgIpc) is 3.53. The number of nitrogens with zero attached hydrogens (tertiary/aromatic N) is 2. The molecule has 4 heterocycles. The van der Waals surface area contributed by atoms with Gasteiger partial charge >= 0.3 is 0 Å². The van der Waals surface area contributed by atoms with Gasteiger partial charge in [0.1, 0.15) is 17.6 Å². The van der Waals surface area contributed by atoms with Gasteiger partial charge < -0.3 is 19.7 Å². The summed E-state index contributed by atoms with van der Waals surface area (Å²) < 4.78 is 5.78. The SMILES string of the molecule is CC1Cc2cc(/C(O)=C3\C(=O)C(=O)N(Cc4ccncc4)C3c3c[nH]c4ccccc34)ccc2O1. The van der Waals surface area contributed by atoms with Gasteiger partial charge in [0.2, 0.25) is 0 Å². The van der Waals surface area contributed by atoms with Crippen LogP contribution in [0.25, 0.3) is 16.7 Å². The van der Waals surface area contributed by atoms with E-state index in [0.717, 1.165) is 39.8 Å². The lowest BCUT2D eigenvalue weighted by Gasteiger charge is -2.25. The lowest BCUT2D eigenvalue weighted by atomic mass is 9.94. The number of aliphatic hydroxyl groups excluding tert-OH is 1. The van der Waals surface area contributed by atoms with E-state index in [1.807, 2.05) is 61.7 Å². The Labute approximate surface area is 201 Å². The van der Waals surface area contributed by atoms with Crippen LogP contribution in [0.4, 0.5) is 0 Å². The Kier molecular flexibility index (Phi) is 4.91. The molecule has 0 spiro atoms. The molecular weight excluding hydrogens is 442 g/mol. The highest BCUT2D eigenvalue weighted by molar-refractivity contribution is 6.46. The number of para-hydroxylation sites is 1. The van der Waals surface area contributed by atoms with E-state index in [1.54, 1.807) is 18.5 Å². The molecule has 7 nitrogen and oxygen atoms in total. The molecule has 2 atom stereocenters. The molecule has 2 unspecified atom stereocenters. The molecule has 2 aromatic carbocycles. The molecule has 0 saturated carbocycles. The predicted octanol–water partition coefficient (Wildman–Crippen LogP) is 4.51. The van der Waals surface area contributed by atoms with E-state index in [2.05, 4.69) is 9.97 Å². The zero-order chi connectivity index (χ0) is 24.1. The van der Waals surface area contributed by atoms with Crippen molar-refractivity contribution in [2.24, 2.45) is 0 Å². The fourth-order valence-electron chi connectivity index (χ4n) is 5.10. The van der Waals surface area contributed by atoms with Crippen LogP contribution in [0, 0.1) is 0 Å². The number of aliphatic hydroxyl groups is 1. The highest BCUT2D eigenvalue weighted by atomic mass is 16.5. The van der Waals surface area contributed by atoms with Gasteiger partial charge in [0.25, 0.3) is 11.7 Å². The highest BCUT2D eigenvalue weighted by Crippen LogP contribution is 2.43. The molecule has 174 valence electrons. The largest absolute Gasteiger partial charge is 0.507 e. The van der Waals surface area contributed by atoms with Crippen molar-refractivity contribution >= 4 is 28.4 Å². The van der Waals surface area contributed by atoms with Gasteiger partial charge in [0.15, 0.2) is 0 Å². The summed E-state index contributed by atoms with van der Waals surface area (Å²) in [5.41, 5.74) is 4.04. The number of aromatic nitrogens is 2. The third-order valence-electron chi connectivity index (χ3n) is 6.73. The van der Waals surface area contributed by atoms with E-state index in [-0.39, 0.29) is 24.0 Å². The van der Waals surface area contributed by atoms with Crippen LogP contribution in [0.2, 0.25) is 0 Å². The number of benzene rings is 2. The molecular formula is C28H23N3O4. The van der Waals surface area contributed by atoms with Crippen molar-refractivity contribution in [1.82, 2.24) is 14.9 Å². The second kappa shape index (κ2) is 8.13. The minimum atomic E-state index is -0.747. The van der Waals surface area contributed by atoms with Crippen LogP contribution in [-0.2, 0) is 22.6 Å². The molecule has 2 aliphatic rings. The Hall–Kier alpha value is -4.39. The van der Waals surface area contributed by atoms with Gasteiger partial charge in [0.05, 0.1) is 11.6 Å². The Morgan fingerprint density at radius 1 is 1.14 bits per heavy atom. The smallest absolute Gasteiger partial charge is 0.295 e. The summed E-state index contributed by atoms with van der Waals surface area (Å²) in [6.45, 7) is 2.20. The number of likely N-dealkylation sites (tertiary alicyclic amines) is 1. The lowest BCUT2D eigenvalue weighted by Crippen LogP contribution is -2.29. The number of H-pyrrole nitrogens is 1. The molecule has 2 N–H and O–H groups in total. The number of rotatable bonds is 4. The first-order valence-corrected chi connectivity index (χ1v) is 11.5. The fourth-order valence-corrected chi connectivity index (χ4v) is 5.10. The average molecular weight is 466 g/mol. The molecule has 6 rings (SSSR count). The number of ether oxygens (including phenoxy) is 1. The van der Waals surface area contributed by atoms with Crippen molar-refractivity contribution in [3.05, 3.63) is 101 Å². The Morgan fingerprint density at radius 2 is 1.94 bits per heavy atom. The third-order valence-corrected chi connectivity index (χ3v) is 6.73. The Balaban J connectivity index is 1.52. The highest BCUT2D eigenvalue weighted by Gasteiger charge is 2.47. The first-order chi connectivity index (χ1) is 17.0. The first kappa shape index (κ1) is 21.2. The van der Waals surface area contributed by atoms with Gasteiger partial charge in [-0.25, -0.2) is 0 Å². The second-order valence-corrected chi connectivity index (χ2v) is 9.03.